The van der Waals surface area contributed by atoms with E-state index in [1.807, 2.05) is 6.92 Å². The molecule has 2 aromatic carbocycles. The molecule has 1 aromatic heterocycles. The van der Waals surface area contributed by atoms with Crippen molar-refractivity contribution in [3.8, 4) is 0 Å². The van der Waals surface area contributed by atoms with Crippen molar-refractivity contribution in [2.75, 3.05) is 6.54 Å². The molecule has 0 aliphatic rings. The molecule has 5 nitrogen and oxygen atoms in total. The zero-order chi connectivity index (χ0) is 20.3. The summed E-state index contributed by atoms with van der Waals surface area (Å²) in [5, 5.41) is 1.81. The molecule has 3 aromatic rings. The number of H-pyrrole nitrogens is 1. The van der Waals surface area contributed by atoms with Gasteiger partial charge in [-0.25, -0.2) is 4.98 Å². The highest BCUT2D eigenvalue weighted by Gasteiger charge is 2.16. The molecule has 0 saturated heterocycles. The first-order valence-corrected chi connectivity index (χ1v) is 9.91. The molecule has 0 fully saturated rings. The standard InChI is InChI=1S/C20H18Cl3N3O2/c1-2-7-26(19(27)9-12-3-6-15(22)16(23)8-12)11-18-24-17-10-13(21)4-5-14(17)20(28)25-18/h3-6,8,10H,2,7,9,11H2,1H3,(H,24,25,28). The molecular formula is C20H18Cl3N3O2. The number of amides is 1. The van der Waals surface area contributed by atoms with Gasteiger partial charge in [0.25, 0.3) is 5.56 Å². The number of hydrogen-bond donors (Lipinski definition) is 1. The Balaban J connectivity index is 1.84. The van der Waals surface area contributed by atoms with Gasteiger partial charge >= 0.3 is 0 Å². The van der Waals surface area contributed by atoms with E-state index in [-0.39, 0.29) is 24.4 Å². The van der Waals surface area contributed by atoms with Crippen LogP contribution in [0.2, 0.25) is 15.1 Å². The van der Waals surface area contributed by atoms with Gasteiger partial charge in [-0.15, -0.1) is 0 Å². The Labute approximate surface area is 177 Å². The molecule has 0 aliphatic carbocycles. The summed E-state index contributed by atoms with van der Waals surface area (Å²) in [6.07, 6.45) is 0.956. The van der Waals surface area contributed by atoms with E-state index >= 15 is 0 Å². The number of rotatable bonds is 6. The predicted molar refractivity (Wildman–Crippen MR) is 113 cm³/mol. The second-order valence-electron chi connectivity index (χ2n) is 6.41. The van der Waals surface area contributed by atoms with Crippen LogP contribution in [0.5, 0.6) is 0 Å². The first kappa shape index (κ1) is 20.6. The molecule has 146 valence electrons. The summed E-state index contributed by atoms with van der Waals surface area (Å²) in [5.41, 5.74) is 1.01. The van der Waals surface area contributed by atoms with Gasteiger partial charge in [-0.2, -0.15) is 0 Å². The van der Waals surface area contributed by atoms with Crippen LogP contribution in [0.1, 0.15) is 24.7 Å². The van der Waals surface area contributed by atoms with Crippen molar-refractivity contribution < 1.29 is 4.79 Å². The Morgan fingerprint density at radius 2 is 1.89 bits per heavy atom. The molecule has 0 saturated carbocycles. The molecule has 0 atom stereocenters. The fraction of sp³-hybridized carbons (Fsp3) is 0.250. The zero-order valence-corrected chi connectivity index (χ0v) is 17.4. The minimum absolute atomic E-state index is 0.0888. The molecule has 0 bridgehead atoms. The first-order valence-electron chi connectivity index (χ1n) is 8.77. The third-order valence-electron chi connectivity index (χ3n) is 4.24. The molecule has 1 heterocycles. The highest BCUT2D eigenvalue weighted by atomic mass is 35.5. The van der Waals surface area contributed by atoms with Gasteiger partial charge in [0.2, 0.25) is 5.91 Å². The van der Waals surface area contributed by atoms with Crippen molar-refractivity contribution in [1.82, 2.24) is 14.9 Å². The Hall–Kier alpha value is -2.08. The lowest BCUT2D eigenvalue weighted by Gasteiger charge is -2.22. The van der Waals surface area contributed by atoms with Gasteiger partial charge in [0.1, 0.15) is 5.82 Å². The predicted octanol–water partition coefficient (Wildman–Crippen LogP) is 4.86. The lowest BCUT2D eigenvalue weighted by atomic mass is 10.1. The molecule has 1 amide bonds. The monoisotopic (exact) mass is 437 g/mol. The summed E-state index contributed by atoms with van der Waals surface area (Å²) < 4.78 is 0. The van der Waals surface area contributed by atoms with Gasteiger partial charge in [-0.05, 0) is 42.3 Å². The van der Waals surface area contributed by atoms with E-state index in [9.17, 15) is 9.59 Å². The second-order valence-corrected chi connectivity index (χ2v) is 7.67. The van der Waals surface area contributed by atoms with Crippen molar-refractivity contribution >= 4 is 51.6 Å². The Bertz CT molecular complexity index is 1080. The number of halogens is 3. The summed E-state index contributed by atoms with van der Waals surface area (Å²) in [4.78, 5) is 34.0. The Morgan fingerprint density at radius 3 is 2.61 bits per heavy atom. The SMILES string of the molecule is CCCN(Cc1nc2cc(Cl)ccc2c(=O)[nH]1)C(=O)Cc1ccc(Cl)c(Cl)c1. The van der Waals surface area contributed by atoms with Crippen LogP contribution in [-0.4, -0.2) is 27.3 Å². The third kappa shape index (κ3) is 4.85. The summed E-state index contributed by atoms with van der Waals surface area (Å²) >= 11 is 18.0. The molecule has 0 radical (unpaired) electrons. The van der Waals surface area contributed by atoms with Crippen LogP contribution in [-0.2, 0) is 17.8 Å². The third-order valence-corrected chi connectivity index (χ3v) is 5.22. The molecule has 3 rings (SSSR count). The van der Waals surface area contributed by atoms with Gasteiger partial charge in [0.15, 0.2) is 0 Å². The largest absolute Gasteiger partial charge is 0.335 e. The number of aromatic amines is 1. The Kier molecular flexibility index (Phi) is 6.60. The molecule has 8 heteroatoms. The van der Waals surface area contributed by atoms with E-state index < -0.39 is 0 Å². The first-order chi connectivity index (χ1) is 13.4. The van der Waals surface area contributed by atoms with E-state index in [4.69, 9.17) is 34.8 Å². The van der Waals surface area contributed by atoms with Crippen LogP contribution in [0.15, 0.2) is 41.2 Å². The fourth-order valence-electron chi connectivity index (χ4n) is 2.91. The number of carbonyl (C=O) groups excluding carboxylic acids is 1. The van der Waals surface area contributed by atoms with Crippen LogP contribution >= 0.6 is 34.8 Å². The summed E-state index contributed by atoms with van der Waals surface area (Å²) in [7, 11) is 0. The highest BCUT2D eigenvalue weighted by molar-refractivity contribution is 6.42. The zero-order valence-electron chi connectivity index (χ0n) is 15.1. The lowest BCUT2D eigenvalue weighted by molar-refractivity contribution is -0.131. The van der Waals surface area contributed by atoms with Crippen LogP contribution < -0.4 is 5.56 Å². The number of hydrogen-bond acceptors (Lipinski definition) is 3. The number of benzene rings is 2. The smallest absolute Gasteiger partial charge is 0.258 e. The van der Waals surface area contributed by atoms with E-state index in [2.05, 4.69) is 9.97 Å². The van der Waals surface area contributed by atoms with E-state index in [0.29, 0.717) is 38.3 Å². The minimum Gasteiger partial charge on any atom is -0.335 e. The van der Waals surface area contributed by atoms with Gasteiger partial charge in [0, 0.05) is 11.6 Å². The van der Waals surface area contributed by atoms with Crippen LogP contribution in [0.4, 0.5) is 0 Å². The van der Waals surface area contributed by atoms with Crippen LogP contribution in [0, 0.1) is 0 Å². The maximum absolute atomic E-state index is 12.8. The van der Waals surface area contributed by atoms with E-state index in [0.717, 1.165) is 12.0 Å². The number of nitrogens with zero attached hydrogens (tertiary/aromatic N) is 2. The number of fused-ring (bicyclic) bond motifs is 1. The normalized spacial score (nSPS) is 11.0. The topological polar surface area (TPSA) is 66.1 Å². The maximum atomic E-state index is 12.8. The van der Waals surface area contributed by atoms with Crippen molar-refractivity contribution in [3.63, 3.8) is 0 Å². The van der Waals surface area contributed by atoms with Crippen LogP contribution in [0.3, 0.4) is 0 Å². The second kappa shape index (κ2) is 8.95. The fourth-order valence-corrected chi connectivity index (χ4v) is 3.40. The van der Waals surface area contributed by atoms with Crippen molar-refractivity contribution in [3.05, 3.63) is 73.2 Å². The molecular weight excluding hydrogens is 421 g/mol. The highest BCUT2D eigenvalue weighted by Crippen LogP contribution is 2.23. The summed E-state index contributed by atoms with van der Waals surface area (Å²) in [5.74, 6) is 0.324. The van der Waals surface area contributed by atoms with Crippen molar-refractivity contribution in [2.24, 2.45) is 0 Å². The molecule has 0 spiro atoms. The average Bonchev–Trinajstić information content (AvgIpc) is 2.64. The number of aromatic nitrogens is 2. The molecule has 0 unspecified atom stereocenters. The summed E-state index contributed by atoms with van der Waals surface area (Å²) in [6.45, 7) is 2.72. The molecule has 28 heavy (non-hydrogen) atoms. The molecule has 1 N–H and O–H groups in total. The van der Waals surface area contributed by atoms with E-state index in [1.54, 1.807) is 41.3 Å². The molecule has 0 aliphatic heterocycles. The summed E-state index contributed by atoms with van der Waals surface area (Å²) in [6, 6.07) is 10.0. The van der Waals surface area contributed by atoms with Crippen LogP contribution in [0.25, 0.3) is 10.9 Å². The maximum Gasteiger partial charge on any atom is 0.258 e. The quantitative estimate of drug-likeness (QED) is 0.597. The van der Waals surface area contributed by atoms with Gasteiger partial charge < -0.3 is 9.88 Å². The van der Waals surface area contributed by atoms with Gasteiger partial charge in [-0.1, -0.05) is 47.8 Å². The van der Waals surface area contributed by atoms with Gasteiger partial charge in [-0.3, -0.25) is 9.59 Å². The Morgan fingerprint density at radius 1 is 1.11 bits per heavy atom. The number of carbonyl (C=O) groups is 1. The van der Waals surface area contributed by atoms with E-state index in [1.165, 1.54) is 0 Å². The van der Waals surface area contributed by atoms with Gasteiger partial charge in [0.05, 0.1) is 33.9 Å². The number of nitrogens with one attached hydrogen (secondary N) is 1. The van der Waals surface area contributed by atoms with Crippen molar-refractivity contribution in [1.29, 1.82) is 0 Å². The average molecular weight is 439 g/mol. The van der Waals surface area contributed by atoms with Crippen molar-refractivity contribution in [2.45, 2.75) is 26.3 Å². The minimum atomic E-state index is -0.259. The lowest BCUT2D eigenvalue weighted by Crippen LogP contribution is -2.34.